The Labute approximate surface area is 387 Å². The average molecular weight is 872 g/mol. The van der Waals surface area contributed by atoms with Gasteiger partial charge in [-0.05, 0) is 33.4 Å². The van der Waals surface area contributed by atoms with Crippen LogP contribution >= 0.6 is 0 Å². The summed E-state index contributed by atoms with van der Waals surface area (Å²) in [5, 5.41) is 19.2. The van der Waals surface area contributed by atoms with Gasteiger partial charge >= 0.3 is 0 Å². The number of rotatable bonds is 8. The maximum absolute atomic E-state index is 10.5. The molecule has 0 atom stereocenters. The number of ether oxygens (including phenoxy) is 1. The zero-order chi connectivity index (χ0) is 43.5. The maximum Gasteiger partial charge on any atom is 0.200 e. The van der Waals surface area contributed by atoms with Gasteiger partial charge in [0.05, 0.1) is 12.5 Å². The minimum absolute atomic E-state index is 0. The van der Waals surface area contributed by atoms with E-state index in [1.54, 1.807) is 7.11 Å². The van der Waals surface area contributed by atoms with Crippen LogP contribution < -0.4 is 5.73 Å². The topological polar surface area (TPSA) is 81.4 Å². The summed E-state index contributed by atoms with van der Waals surface area (Å²) in [6.45, 7) is 24.0. The van der Waals surface area contributed by atoms with Gasteiger partial charge in [-0.1, -0.05) is 278 Å². The van der Waals surface area contributed by atoms with E-state index in [2.05, 4.69) is 0 Å². The first-order valence-electron chi connectivity index (χ1n) is 20.8. The molecular formula is C54H76N3OY-. The molecule has 0 saturated carbocycles. The van der Waals surface area contributed by atoms with Crippen molar-refractivity contribution in [2.45, 2.75) is 101 Å². The van der Waals surface area contributed by atoms with E-state index in [1.807, 2.05) is 265 Å². The van der Waals surface area contributed by atoms with Crippen molar-refractivity contribution in [3.63, 3.8) is 0 Å². The molecular weight excluding hydrogens is 796 g/mol. The second-order valence-electron chi connectivity index (χ2n) is 10.6. The van der Waals surface area contributed by atoms with E-state index >= 15 is 0 Å². The molecule has 6 rings (SSSR count). The first-order valence-corrected chi connectivity index (χ1v) is 20.8. The molecule has 0 aliphatic rings. The van der Waals surface area contributed by atoms with Crippen molar-refractivity contribution in [1.29, 1.82) is 5.41 Å². The number of benzene rings is 6. The van der Waals surface area contributed by atoms with Crippen LogP contribution in [0.1, 0.15) is 124 Å². The summed E-state index contributed by atoms with van der Waals surface area (Å²) in [6.07, 6.45) is 0. The van der Waals surface area contributed by atoms with E-state index in [-0.39, 0.29) is 51.9 Å². The first-order chi connectivity index (χ1) is 28.1. The van der Waals surface area contributed by atoms with Gasteiger partial charge < -0.3 is 15.9 Å². The molecule has 0 saturated heterocycles. The molecule has 0 aliphatic carbocycles. The Kier molecular flexibility index (Phi) is 38.9. The number of nitrogens with two attached hydrogens (primary N) is 1. The Morgan fingerprint density at radius 2 is 0.542 bits per heavy atom. The number of hydrogen-bond donors (Lipinski definition) is 2. The predicted molar refractivity (Wildman–Crippen MR) is 261 cm³/mol. The summed E-state index contributed by atoms with van der Waals surface area (Å²) in [7, 11) is 1.56. The van der Waals surface area contributed by atoms with Gasteiger partial charge in [0.1, 0.15) is 5.41 Å². The van der Waals surface area contributed by atoms with Crippen LogP contribution in [0.3, 0.4) is 0 Å². The molecule has 5 heteroatoms. The molecule has 0 aromatic heterocycles. The van der Waals surface area contributed by atoms with Crippen molar-refractivity contribution < 1.29 is 37.4 Å². The van der Waals surface area contributed by atoms with Crippen LogP contribution in [-0.4, -0.2) is 18.8 Å². The quantitative estimate of drug-likeness (QED) is 0.0907. The minimum Gasteiger partial charge on any atom is -0.497 e. The smallest absolute Gasteiger partial charge is 0.200 e. The van der Waals surface area contributed by atoms with Gasteiger partial charge in [-0.15, -0.1) is 0 Å². The second-order valence-corrected chi connectivity index (χ2v) is 10.6. The second kappa shape index (κ2) is 37.6. The third-order valence-corrected chi connectivity index (χ3v) is 8.17. The van der Waals surface area contributed by atoms with Crippen molar-refractivity contribution in [3.8, 4) is 0 Å². The summed E-state index contributed by atoms with van der Waals surface area (Å²) < 4.78 is 5.46. The Hall–Kier alpha value is -4.64. The fraction of sp³-hybridized carbons (Fsp3) is 0.296. The zero-order valence-corrected chi connectivity index (χ0v) is 40.7. The molecule has 0 bridgehead atoms. The minimum atomic E-state index is -0.871. The molecule has 0 aliphatic heterocycles. The zero-order valence-electron chi connectivity index (χ0n) is 37.8. The fourth-order valence-electron chi connectivity index (χ4n) is 6.12. The number of methoxy groups -OCH3 is 1. The third kappa shape index (κ3) is 16.2. The molecule has 0 unspecified atom stereocenters. The standard InChI is InChI=1S/C21H19NO.C20H17N2.6C2H6.CH4.Y/c1-23-20(22)21(17-11-5-2-6-12-17,18-13-7-3-8-14-18)19-15-9-4-10-16-19;21-19(22)20(16-10-4-1-5-11-16,17-12-6-2-7-13-17)18-14-8-3-9-15-18;6*1-2;;/h2-16,22H,1H3;1-15H,(H2-,21,22);6*1-2H3;1H4;/q;-1;;;;;;;;. The summed E-state index contributed by atoms with van der Waals surface area (Å²) in [4.78, 5) is 0. The molecule has 6 aromatic carbocycles. The summed E-state index contributed by atoms with van der Waals surface area (Å²) in [5.41, 5.74) is 10.3. The van der Waals surface area contributed by atoms with Gasteiger partial charge in [0.15, 0.2) is 5.90 Å². The van der Waals surface area contributed by atoms with Crippen molar-refractivity contribution >= 4 is 11.7 Å². The van der Waals surface area contributed by atoms with Crippen molar-refractivity contribution in [3.05, 3.63) is 221 Å². The third-order valence-electron chi connectivity index (χ3n) is 8.17. The molecule has 4 nitrogen and oxygen atoms in total. The van der Waals surface area contributed by atoms with E-state index in [0.29, 0.717) is 0 Å². The molecule has 0 fully saturated rings. The molecule has 0 spiro atoms. The van der Waals surface area contributed by atoms with Gasteiger partial charge in [-0.25, -0.2) is 0 Å². The molecule has 59 heavy (non-hydrogen) atoms. The van der Waals surface area contributed by atoms with Gasteiger partial charge in [0, 0.05) is 32.7 Å². The number of nitrogens with zero attached hydrogens (tertiary/aromatic N) is 1. The molecule has 0 heterocycles. The molecule has 6 aromatic rings. The fourth-order valence-corrected chi connectivity index (χ4v) is 6.12. The van der Waals surface area contributed by atoms with Crippen molar-refractivity contribution in [1.82, 2.24) is 0 Å². The Morgan fingerprint density at radius 3 is 0.678 bits per heavy atom. The number of nitrogens with one attached hydrogen (secondary N) is 1. The van der Waals surface area contributed by atoms with E-state index in [9.17, 15) is 5.41 Å². The van der Waals surface area contributed by atoms with Gasteiger partial charge in [-0.3, -0.25) is 5.41 Å². The van der Waals surface area contributed by atoms with Gasteiger partial charge in [0.2, 0.25) is 0 Å². The van der Waals surface area contributed by atoms with E-state index in [1.165, 1.54) is 0 Å². The predicted octanol–water partition coefficient (Wildman–Crippen LogP) is 15.4. The van der Waals surface area contributed by atoms with Gasteiger partial charge in [0.25, 0.3) is 0 Å². The SMILES string of the molecule is C.CC.CC.CC.CC.CC.CC.COC(=N)C(c1ccccc1)(c1ccccc1)c1ccccc1.[N-]=C(N)C(c1ccccc1)(c1ccccc1)c1ccccc1.[Y]. The monoisotopic (exact) mass is 872 g/mol. The largest absolute Gasteiger partial charge is 0.497 e. The average Bonchev–Trinajstić information content (AvgIpc) is 3.33. The molecule has 317 valence electrons. The normalized spacial score (nSPS) is 9.03. The van der Waals surface area contributed by atoms with Crippen LogP contribution in [0.15, 0.2) is 182 Å². The Balaban J connectivity index is -0.000000398. The van der Waals surface area contributed by atoms with E-state index < -0.39 is 10.8 Å². The van der Waals surface area contributed by atoms with Crippen LogP contribution in [0.25, 0.3) is 5.41 Å². The molecule has 1 radical (unpaired) electrons. The Bertz CT molecular complexity index is 1610. The number of hydrogen-bond acceptors (Lipinski definition) is 2. The van der Waals surface area contributed by atoms with Crippen LogP contribution in [0.4, 0.5) is 0 Å². The number of amidine groups is 1. The van der Waals surface area contributed by atoms with Crippen molar-refractivity contribution in [2.24, 2.45) is 5.73 Å². The van der Waals surface area contributed by atoms with Gasteiger partial charge in [-0.2, -0.15) is 0 Å². The summed E-state index contributed by atoms with van der Waals surface area (Å²) in [6, 6.07) is 59.8. The van der Waals surface area contributed by atoms with Crippen LogP contribution in [0.2, 0.25) is 0 Å². The van der Waals surface area contributed by atoms with E-state index in [0.717, 1.165) is 33.4 Å². The Morgan fingerprint density at radius 1 is 0.390 bits per heavy atom. The maximum atomic E-state index is 10.5. The van der Waals surface area contributed by atoms with Crippen LogP contribution in [0.5, 0.6) is 0 Å². The van der Waals surface area contributed by atoms with Crippen molar-refractivity contribution in [2.75, 3.05) is 7.11 Å². The van der Waals surface area contributed by atoms with Crippen LogP contribution in [-0.2, 0) is 48.3 Å². The first kappa shape index (κ1) is 61.0. The summed E-state index contributed by atoms with van der Waals surface area (Å²) in [5.74, 6) is 0.0807. The molecule has 0 amide bonds. The summed E-state index contributed by atoms with van der Waals surface area (Å²) >= 11 is 0. The van der Waals surface area contributed by atoms with Crippen LogP contribution in [0, 0.1) is 5.41 Å². The van der Waals surface area contributed by atoms with E-state index in [4.69, 9.17) is 15.9 Å². The molecule has 3 N–H and O–H groups in total.